The smallest absolute Gasteiger partial charge is 0.274 e. The fourth-order valence-corrected chi connectivity index (χ4v) is 4.25. The first-order valence-corrected chi connectivity index (χ1v) is 10.7. The first-order valence-electron chi connectivity index (χ1n) is 10.7. The van der Waals surface area contributed by atoms with E-state index in [0.717, 1.165) is 29.4 Å². The summed E-state index contributed by atoms with van der Waals surface area (Å²) in [4.78, 5) is 22.7. The first-order chi connectivity index (χ1) is 15.9. The topological polar surface area (TPSA) is 86.3 Å². The standard InChI is InChI=1S/C24H22FN7O/c1-27-20-8-6-15(10-19(20)25)23-28-22(24(33)31-9-3-4-17(26)13-31)14-32(23)18-7-5-16-12-30(2)29-21(16)11-18/h5-8,10-12,14,17H,3-4,9,13,26H2,2H3/t17-/m1/s1. The van der Waals surface area contributed by atoms with Crippen molar-refractivity contribution in [2.24, 2.45) is 12.8 Å². The van der Waals surface area contributed by atoms with Gasteiger partial charge in [0.2, 0.25) is 5.69 Å². The summed E-state index contributed by atoms with van der Waals surface area (Å²) < 4.78 is 17.9. The average Bonchev–Trinajstić information content (AvgIpc) is 3.41. The second-order valence-corrected chi connectivity index (χ2v) is 8.30. The number of hydrogen-bond acceptors (Lipinski definition) is 4. The molecule has 1 amide bonds. The molecule has 1 aliphatic rings. The second-order valence-electron chi connectivity index (χ2n) is 8.30. The molecule has 3 heterocycles. The summed E-state index contributed by atoms with van der Waals surface area (Å²) in [5.74, 6) is -0.431. The molecule has 1 atom stereocenters. The highest BCUT2D eigenvalue weighted by molar-refractivity contribution is 5.93. The predicted octanol–water partition coefficient (Wildman–Crippen LogP) is 3.68. The van der Waals surface area contributed by atoms with Crippen LogP contribution >= 0.6 is 0 Å². The van der Waals surface area contributed by atoms with Gasteiger partial charge in [-0.3, -0.25) is 14.0 Å². The maximum atomic E-state index is 14.4. The van der Waals surface area contributed by atoms with Crippen LogP contribution in [0.5, 0.6) is 0 Å². The quantitative estimate of drug-likeness (QED) is 0.490. The van der Waals surface area contributed by atoms with Crippen molar-refractivity contribution >= 4 is 22.5 Å². The van der Waals surface area contributed by atoms with E-state index in [-0.39, 0.29) is 23.3 Å². The Kier molecular flexibility index (Phi) is 5.15. The van der Waals surface area contributed by atoms with Crippen molar-refractivity contribution in [2.75, 3.05) is 13.1 Å². The molecule has 0 radical (unpaired) electrons. The lowest BCUT2D eigenvalue weighted by molar-refractivity contribution is 0.0703. The second kappa shape index (κ2) is 8.15. The number of aromatic nitrogens is 4. The third-order valence-electron chi connectivity index (χ3n) is 5.88. The number of halogens is 1. The lowest BCUT2D eigenvalue weighted by atomic mass is 10.1. The number of fused-ring (bicyclic) bond motifs is 1. The van der Waals surface area contributed by atoms with Gasteiger partial charge in [-0.25, -0.2) is 14.2 Å². The fourth-order valence-electron chi connectivity index (χ4n) is 4.25. The Balaban J connectivity index is 1.63. The molecule has 8 nitrogen and oxygen atoms in total. The van der Waals surface area contributed by atoms with Gasteiger partial charge in [-0.05, 0) is 37.1 Å². The average molecular weight is 443 g/mol. The first kappa shape index (κ1) is 20.8. The summed E-state index contributed by atoms with van der Waals surface area (Å²) in [5.41, 5.74) is 8.26. The van der Waals surface area contributed by atoms with Crippen LogP contribution in [-0.2, 0) is 7.05 Å². The molecule has 0 saturated carbocycles. The molecule has 2 N–H and O–H groups in total. The van der Waals surface area contributed by atoms with Gasteiger partial charge in [0, 0.05) is 55.2 Å². The third kappa shape index (κ3) is 3.85. The molecular formula is C24H22FN7O. The van der Waals surface area contributed by atoms with Gasteiger partial charge in [0.15, 0.2) is 0 Å². The number of likely N-dealkylation sites (tertiary alicyclic amines) is 1. The number of hydrogen-bond donors (Lipinski definition) is 1. The number of piperidine rings is 1. The Labute approximate surface area is 189 Å². The summed E-state index contributed by atoms with van der Waals surface area (Å²) in [6, 6.07) is 10.0. The SMILES string of the molecule is [C-]#[N+]c1ccc(-c2nc(C(=O)N3CCC[C@@H](N)C3)cn2-c2ccc3cn(C)nc3c2)cc1F. The van der Waals surface area contributed by atoms with Gasteiger partial charge in [0.25, 0.3) is 5.91 Å². The molecule has 1 aliphatic heterocycles. The van der Waals surface area contributed by atoms with Crippen LogP contribution in [0.3, 0.4) is 0 Å². The van der Waals surface area contributed by atoms with Crippen molar-refractivity contribution < 1.29 is 9.18 Å². The summed E-state index contributed by atoms with van der Waals surface area (Å²) in [6.07, 6.45) is 5.32. The monoisotopic (exact) mass is 443 g/mol. The Morgan fingerprint density at radius 2 is 2.09 bits per heavy atom. The van der Waals surface area contributed by atoms with Gasteiger partial charge in [0.1, 0.15) is 17.3 Å². The number of rotatable bonds is 3. The number of benzene rings is 2. The Morgan fingerprint density at radius 3 is 2.85 bits per heavy atom. The molecule has 33 heavy (non-hydrogen) atoms. The molecule has 2 aromatic carbocycles. The molecule has 1 fully saturated rings. The van der Waals surface area contributed by atoms with Crippen LogP contribution in [0.1, 0.15) is 23.3 Å². The van der Waals surface area contributed by atoms with E-state index >= 15 is 0 Å². The van der Waals surface area contributed by atoms with Crippen molar-refractivity contribution in [3.8, 4) is 17.1 Å². The van der Waals surface area contributed by atoms with Crippen LogP contribution in [0.4, 0.5) is 10.1 Å². The molecule has 2 aromatic heterocycles. The predicted molar refractivity (Wildman–Crippen MR) is 123 cm³/mol. The third-order valence-corrected chi connectivity index (χ3v) is 5.88. The summed E-state index contributed by atoms with van der Waals surface area (Å²) in [6.45, 7) is 8.21. The summed E-state index contributed by atoms with van der Waals surface area (Å²) in [7, 11) is 1.85. The van der Waals surface area contributed by atoms with E-state index in [2.05, 4.69) is 14.9 Å². The zero-order valence-corrected chi connectivity index (χ0v) is 18.1. The molecule has 5 rings (SSSR count). The van der Waals surface area contributed by atoms with Crippen molar-refractivity contribution in [3.63, 3.8) is 0 Å². The normalized spacial score (nSPS) is 16.2. The van der Waals surface area contributed by atoms with Crippen LogP contribution in [0.15, 0.2) is 48.8 Å². The number of aryl methyl sites for hydroxylation is 1. The minimum absolute atomic E-state index is 0.0499. The summed E-state index contributed by atoms with van der Waals surface area (Å²) in [5, 5.41) is 5.44. The van der Waals surface area contributed by atoms with Gasteiger partial charge >= 0.3 is 0 Å². The molecule has 0 bridgehead atoms. The van der Waals surface area contributed by atoms with Crippen LogP contribution in [0, 0.1) is 12.4 Å². The van der Waals surface area contributed by atoms with Crippen LogP contribution in [0.2, 0.25) is 0 Å². The van der Waals surface area contributed by atoms with E-state index in [0.29, 0.717) is 24.5 Å². The Morgan fingerprint density at radius 1 is 1.24 bits per heavy atom. The molecular weight excluding hydrogens is 421 g/mol. The number of imidazole rings is 1. The maximum Gasteiger partial charge on any atom is 0.274 e. The largest absolute Gasteiger partial charge is 0.336 e. The van der Waals surface area contributed by atoms with E-state index in [1.807, 2.05) is 31.4 Å². The van der Waals surface area contributed by atoms with Crippen LogP contribution in [-0.4, -0.2) is 49.3 Å². The highest BCUT2D eigenvalue weighted by Crippen LogP contribution is 2.29. The highest BCUT2D eigenvalue weighted by atomic mass is 19.1. The Bertz CT molecular complexity index is 1410. The van der Waals surface area contributed by atoms with Crippen LogP contribution < -0.4 is 5.73 Å². The molecule has 1 saturated heterocycles. The number of amides is 1. The van der Waals surface area contributed by atoms with E-state index < -0.39 is 5.82 Å². The lowest BCUT2D eigenvalue weighted by Crippen LogP contribution is -2.45. The van der Waals surface area contributed by atoms with Crippen LogP contribution in [0.25, 0.3) is 32.8 Å². The van der Waals surface area contributed by atoms with Gasteiger partial charge in [-0.2, -0.15) is 5.10 Å². The zero-order valence-electron chi connectivity index (χ0n) is 18.1. The molecule has 166 valence electrons. The molecule has 0 unspecified atom stereocenters. The molecule has 0 aliphatic carbocycles. The van der Waals surface area contributed by atoms with Crippen molar-refractivity contribution in [3.05, 3.63) is 71.7 Å². The van der Waals surface area contributed by atoms with Crippen molar-refractivity contribution in [1.29, 1.82) is 0 Å². The fraction of sp³-hybridized carbons (Fsp3) is 0.250. The number of nitrogens with two attached hydrogens (primary N) is 1. The van der Waals surface area contributed by atoms with E-state index in [9.17, 15) is 9.18 Å². The van der Waals surface area contributed by atoms with Gasteiger partial charge < -0.3 is 10.6 Å². The van der Waals surface area contributed by atoms with E-state index in [1.165, 1.54) is 12.1 Å². The minimum atomic E-state index is -0.632. The highest BCUT2D eigenvalue weighted by Gasteiger charge is 2.26. The number of nitrogens with zero attached hydrogens (tertiary/aromatic N) is 6. The molecule has 0 spiro atoms. The molecule has 9 heteroatoms. The van der Waals surface area contributed by atoms with Crippen molar-refractivity contribution in [1.82, 2.24) is 24.2 Å². The zero-order chi connectivity index (χ0) is 23.1. The van der Waals surface area contributed by atoms with Gasteiger partial charge in [-0.15, -0.1) is 0 Å². The number of carbonyl (C=O) groups excluding carboxylic acids is 1. The summed E-state index contributed by atoms with van der Waals surface area (Å²) >= 11 is 0. The van der Waals surface area contributed by atoms with E-state index in [4.69, 9.17) is 12.3 Å². The van der Waals surface area contributed by atoms with Gasteiger partial charge in [0.05, 0.1) is 12.1 Å². The Hall–Kier alpha value is -4.03. The maximum absolute atomic E-state index is 14.4. The van der Waals surface area contributed by atoms with Crippen molar-refractivity contribution in [2.45, 2.75) is 18.9 Å². The molecule has 4 aromatic rings. The number of carbonyl (C=O) groups is 1. The lowest BCUT2D eigenvalue weighted by Gasteiger charge is -2.30. The minimum Gasteiger partial charge on any atom is -0.336 e. The van der Waals surface area contributed by atoms with E-state index in [1.54, 1.807) is 26.4 Å². The van der Waals surface area contributed by atoms with Gasteiger partial charge in [-0.1, -0.05) is 12.1 Å².